The molecule has 1 rings (SSSR count). The van der Waals surface area contributed by atoms with Gasteiger partial charge in [-0.05, 0) is 31.6 Å². The van der Waals surface area contributed by atoms with Crippen LogP contribution in [0, 0.1) is 11.8 Å². The molecule has 4 nitrogen and oxygen atoms in total. The van der Waals surface area contributed by atoms with E-state index in [9.17, 15) is 4.79 Å². The van der Waals surface area contributed by atoms with Gasteiger partial charge in [0.2, 0.25) is 0 Å². The van der Waals surface area contributed by atoms with E-state index < -0.39 is 6.03 Å². The van der Waals surface area contributed by atoms with E-state index >= 15 is 0 Å². The molecule has 1 aliphatic rings. The maximum absolute atomic E-state index is 10.5. The fourth-order valence-electron chi connectivity index (χ4n) is 2.05. The lowest BCUT2D eigenvalue weighted by molar-refractivity contribution is 0.249. The molecule has 0 aliphatic heterocycles. The van der Waals surface area contributed by atoms with Crippen molar-refractivity contribution in [3.63, 3.8) is 0 Å². The van der Waals surface area contributed by atoms with E-state index in [2.05, 4.69) is 17.5 Å². The Hall–Kier alpha value is -1.06. The number of amides is 2. The monoisotopic (exact) mass is 197 g/mol. The van der Waals surface area contributed by atoms with Crippen LogP contribution in [-0.2, 0) is 0 Å². The number of hydrogen-bond donors (Lipinski definition) is 2. The lowest BCUT2D eigenvalue weighted by Gasteiger charge is -2.26. The molecule has 1 aliphatic carbocycles. The molecular formula is C10H19N3O. The summed E-state index contributed by atoms with van der Waals surface area (Å²) in [6, 6.07) is -0.590. The second-order valence-corrected chi connectivity index (χ2v) is 4.20. The van der Waals surface area contributed by atoms with Crippen molar-refractivity contribution in [3.8, 4) is 0 Å². The molecular weight excluding hydrogens is 178 g/mol. The first kappa shape index (κ1) is 11.0. The standard InChI is InChI=1S/C10H19N3O/c1-7-4-3-5-9(6-7)8(2)12-13-10(11)14/h7,9H,3-6H2,1-2H3,(H3,11,13,14)/b12-8+/t7-,9?/m1/s1. The van der Waals surface area contributed by atoms with Crippen LogP contribution in [0.2, 0.25) is 0 Å². The van der Waals surface area contributed by atoms with Crippen molar-refractivity contribution in [2.45, 2.75) is 39.5 Å². The van der Waals surface area contributed by atoms with E-state index in [0.717, 1.165) is 11.6 Å². The van der Waals surface area contributed by atoms with Gasteiger partial charge in [-0.1, -0.05) is 19.8 Å². The highest BCUT2D eigenvalue weighted by Crippen LogP contribution is 2.29. The predicted octanol–water partition coefficient (Wildman–Crippen LogP) is 1.86. The molecule has 0 radical (unpaired) electrons. The highest BCUT2D eigenvalue weighted by molar-refractivity contribution is 5.85. The van der Waals surface area contributed by atoms with Gasteiger partial charge < -0.3 is 5.73 Å². The topological polar surface area (TPSA) is 67.5 Å². The van der Waals surface area contributed by atoms with E-state index in [-0.39, 0.29) is 0 Å². The summed E-state index contributed by atoms with van der Waals surface area (Å²) >= 11 is 0. The molecule has 0 heterocycles. The normalized spacial score (nSPS) is 28.6. The summed E-state index contributed by atoms with van der Waals surface area (Å²) in [5, 5.41) is 3.97. The number of nitrogens with one attached hydrogen (secondary N) is 1. The van der Waals surface area contributed by atoms with Crippen molar-refractivity contribution in [1.82, 2.24) is 5.43 Å². The summed E-state index contributed by atoms with van der Waals surface area (Å²) in [5.74, 6) is 1.29. The summed E-state index contributed by atoms with van der Waals surface area (Å²) in [4.78, 5) is 10.5. The van der Waals surface area contributed by atoms with Gasteiger partial charge in [-0.2, -0.15) is 5.10 Å². The van der Waals surface area contributed by atoms with Crippen LogP contribution in [0.15, 0.2) is 5.10 Å². The molecule has 2 atom stereocenters. The van der Waals surface area contributed by atoms with Gasteiger partial charge in [0, 0.05) is 5.71 Å². The Morgan fingerprint density at radius 2 is 2.21 bits per heavy atom. The number of hydrazone groups is 1. The number of hydrogen-bond acceptors (Lipinski definition) is 2. The van der Waals surface area contributed by atoms with Gasteiger partial charge in [-0.3, -0.25) is 0 Å². The quantitative estimate of drug-likeness (QED) is 0.515. The molecule has 3 N–H and O–H groups in total. The van der Waals surface area contributed by atoms with E-state index in [1.165, 1.54) is 25.7 Å². The zero-order valence-electron chi connectivity index (χ0n) is 8.92. The Bertz CT molecular complexity index is 238. The van der Waals surface area contributed by atoms with Crippen molar-refractivity contribution in [3.05, 3.63) is 0 Å². The number of rotatable bonds is 2. The van der Waals surface area contributed by atoms with Crippen LogP contribution in [0.3, 0.4) is 0 Å². The van der Waals surface area contributed by atoms with E-state index in [0.29, 0.717) is 5.92 Å². The van der Waals surface area contributed by atoms with Crippen LogP contribution in [0.5, 0.6) is 0 Å². The third kappa shape index (κ3) is 3.36. The zero-order valence-corrected chi connectivity index (χ0v) is 8.92. The molecule has 0 saturated heterocycles. The van der Waals surface area contributed by atoms with Gasteiger partial charge in [0.1, 0.15) is 0 Å². The summed E-state index contributed by atoms with van der Waals surface area (Å²) < 4.78 is 0. The molecule has 1 fully saturated rings. The number of carbonyl (C=O) groups excluding carboxylic acids is 1. The summed E-state index contributed by atoms with van der Waals surface area (Å²) in [6.45, 7) is 4.22. The minimum atomic E-state index is -0.590. The van der Waals surface area contributed by atoms with Crippen LogP contribution in [0.25, 0.3) is 0 Å². The average Bonchev–Trinajstić information content (AvgIpc) is 2.14. The maximum Gasteiger partial charge on any atom is 0.332 e. The second kappa shape index (κ2) is 4.98. The van der Waals surface area contributed by atoms with Crippen LogP contribution < -0.4 is 11.2 Å². The van der Waals surface area contributed by atoms with E-state index in [1.807, 2.05) is 6.92 Å². The van der Waals surface area contributed by atoms with Gasteiger partial charge in [-0.15, -0.1) is 0 Å². The highest BCUT2D eigenvalue weighted by Gasteiger charge is 2.20. The Balaban J connectivity index is 2.46. The van der Waals surface area contributed by atoms with Crippen LogP contribution >= 0.6 is 0 Å². The fraction of sp³-hybridized carbons (Fsp3) is 0.800. The van der Waals surface area contributed by atoms with Crippen LogP contribution in [-0.4, -0.2) is 11.7 Å². The lowest BCUT2D eigenvalue weighted by atomic mass is 9.80. The molecule has 4 heteroatoms. The Morgan fingerprint density at radius 3 is 2.79 bits per heavy atom. The van der Waals surface area contributed by atoms with Crippen molar-refractivity contribution >= 4 is 11.7 Å². The largest absolute Gasteiger partial charge is 0.350 e. The predicted molar refractivity (Wildman–Crippen MR) is 57.0 cm³/mol. The van der Waals surface area contributed by atoms with Crippen molar-refractivity contribution in [2.75, 3.05) is 0 Å². The summed E-state index contributed by atoms with van der Waals surface area (Å²) in [5.41, 5.74) is 8.22. The summed E-state index contributed by atoms with van der Waals surface area (Å²) in [6.07, 6.45) is 4.93. The first-order valence-corrected chi connectivity index (χ1v) is 5.19. The number of primary amides is 1. The Kier molecular flexibility index (Phi) is 3.92. The van der Waals surface area contributed by atoms with Gasteiger partial charge >= 0.3 is 6.03 Å². The van der Waals surface area contributed by atoms with Crippen molar-refractivity contribution in [1.29, 1.82) is 0 Å². The average molecular weight is 197 g/mol. The lowest BCUT2D eigenvalue weighted by Crippen LogP contribution is -2.28. The second-order valence-electron chi connectivity index (χ2n) is 4.20. The smallest absolute Gasteiger partial charge is 0.332 e. The molecule has 14 heavy (non-hydrogen) atoms. The van der Waals surface area contributed by atoms with Crippen LogP contribution in [0.4, 0.5) is 4.79 Å². The molecule has 1 unspecified atom stereocenters. The molecule has 0 aromatic rings. The minimum absolute atomic E-state index is 0.519. The molecule has 2 amide bonds. The number of nitrogens with two attached hydrogens (primary N) is 1. The highest BCUT2D eigenvalue weighted by atomic mass is 16.2. The number of urea groups is 1. The maximum atomic E-state index is 10.5. The third-order valence-electron chi connectivity index (χ3n) is 2.87. The fourth-order valence-corrected chi connectivity index (χ4v) is 2.05. The van der Waals surface area contributed by atoms with Crippen molar-refractivity contribution in [2.24, 2.45) is 22.7 Å². The molecule has 80 valence electrons. The molecule has 0 spiro atoms. The third-order valence-corrected chi connectivity index (χ3v) is 2.87. The molecule has 0 aromatic carbocycles. The molecule has 0 bridgehead atoms. The molecule has 0 aromatic heterocycles. The minimum Gasteiger partial charge on any atom is -0.350 e. The number of nitrogens with zero attached hydrogens (tertiary/aromatic N) is 1. The Morgan fingerprint density at radius 1 is 1.50 bits per heavy atom. The SMILES string of the molecule is C/C(=N\NC(N)=O)C1CCC[C@@H](C)C1. The van der Waals surface area contributed by atoms with Gasteiger partial charge in [0.25, 0.3) is 0 Å². The Labute approximate surface area is 84.9 Å². The van der Waals surface area contributed by atoms with Gasteiger partial charge in [0.15, 0.2) is 0 Å². The van der Waals surface area contributed by atoms with Crippen LogP contribution in [0.1, 0.15) is 39.5 Å². The number of carbonyl (C=O) groups is 1. The van der Waals surface area contributed by atoms with Gasteiger partial charge in [0.05, 0.1) is 0 Å². The zero-order chi connectivity index (χ0) is 10.6. The van der Waals surface area contributed by atoms with E-state index in [1.54, 1.807) is 0 Å². The summed E-state index contributed by atoms with van der Waals surface area (Å²) in [7, 11) is 0. The van der Waals surface area contributed by atoms with Gasteiger partial charge in [-0.25, -0.2) is 10.2 Å². The molecule has 1 saturated carbocycles. The first-order chi connectivity index (χ1) is 6.59. The first-order valence-electron chi connectivity index (χ1n) is 5.19. The van der Waals surface area contributed by atoms with E-state index in [4.69, 9.17) is 5.73 Å². The van der Waals surface area contributed by atoms with Crippen molar-refractivity contribution < 1.29 is 4.79 Å².